The highest BCUT2D eigenvalue weighted by atomic mass is 16.2. The monoisotopic (exact) mass is 303 g/mol. The molecular weight excluding hydrogens is 278 g/mol. The minimum Gasteiger partial charge on any atom is -0.356 e. The van der Waals surface area contributed by atoms with Crippen LogP contribution in [0.3, 0.4) is 0 Å². The summed E-state index contributed by atoms with van der Waals surface area (Å²) in [4.78, 5) is 21.7. The summed E-state index contributed by atoms with van der Waals surface area (Å²) in [6.45, 7) is 7.20. The number of nitrogens with zero attached hydrogens (tertiary/aromatic N) is 3. The van der Waals surface area contributed by atoms with Gasteiger partial charge in [-0.25, -0.2) is 4.99 Å². The lowest BCUT2D eigenvalue weighted by Gasteiger charge is -2.13. The number of aromatic nitrogens is 1. The summed E-state index contributed by atoms with van der Waals surface area (Å²) in [5.41, 5.74) is 2.01. The van der Waals surface area contributed by atoms with E-state index in [9.17, 15) is 4.79 Å². The number of pyridine rings is 1. The molecule has 22 heavy (non-hydrogen) atoms. The molecule has 1 amide bonds. The van der Waals surface area contributed by atoms with Crippen molar-refractivity contribution >= 4 is 11.9 Å². The van der Waals surface area contributed by atoms with Crippen LogP contribution in [0.2, 0.25) is 0 Å². The Morgan fingerprint density at radius 3 is 2.73 bits per heavy atom. The van der Waals surface area contributed by atoms with Gasteiger partial charge in [0, 0.05) is 45.5 Å². The van der Waals surface area contributed by atoms with Crippen LogP contribution in [-0.4, -0.2) is 55.5 Å². The maximum absolute atomic E-state index is 11.6. The molecule has 1 rings (SSSR count). The molecule has 1 heterocycles. The van der Waals surface area contributed by atoms with Crippen LogP contribution in [0.1, 0.15) is 12.6 Å². The van der Waals surface area contributed by atoms with Crippen LogP contribution >= 0.6 is 0 Å². The van der Waals surface area contributed by atoms with Crippen molar-refractivity contribution in [2.45, 2.75) is 13.3 Å². The number of guanidine groups is 1. The summed E-state index contributed by atoms with van der Waals surface area (Å²) in [6.07, 6.45) is 2.57. The third-order valence-electron chi connectivity index (χ3n) is 2.83. The second-order valence-electron chi connectivity index (χ2n) is 5.26. The van der Waals surface area contributed by atoms with Crippen LogP contribution in [0.15, 0.2) is 41.5 Å². The highest BCUT2D eigenvalue weighted by Gasteiger charge is 2.04. The van der Waals surface area contributed by atoms with Gasteiger partial charge in [-0.3, -0.25) is 9.78 Å². The normalized spacial score (nSPS) is 11.0. The van der Waals surface area contributed by atoms with Crippen molar-refractivity contribution in [3.8, 4) is 0 Å². The van der Waals surface area contributed by atoms with Crippen molar-refractivity contribution < 1.29 is 4.79 Å². The van der Waals surface area contributed by atoms with Gasteiger partial charge < -0.3 is 15.5 Å². The maximum Gasteiger partial charge on any atom is 0.243 e. The van der Waals surface area contributed by atoms with Crippen molar-refractivity contribution in [1.29, 1.82) is 0 Å². The lowest BCUT2D eigenvalue weighted by Crippen LogP contribution is -2.40. The SMILES string of the molecule is C=C(C)CNC(=NCC(=O)N(C)C)NCCc1ccccn1. The summed E-state index contributed by atoms with van der Waals surface area (Å²) < 4.78 is 0. The molecule has 0 spiro atoms. The van der Waals surface area contributed by atoms with Crippen LogP contribution in [0.4, 0.5) is 0 Å². The zero-order valence-electron chi connectivity index (χ0n) is 13.6. The molecule has 0 unspecified atom stereocenters. The van der Waals surface area contributed by atoms with E-state index in [0.29, 0.717) is 19.0 Å². The average molecular weight is 303 g/mol. The van der Waals surface area contributed by atoms with Crippen LogP contribution in [0, 0.1) is 0 Å². The van der Waals surface area contributed by atoms with E-state index in [1.165, 1.54) is 4.90 Å². The second-order valence-corrected chi connectivity index (χ2v) is 5.26. The van der Waals surface area contributed by atoms with Crippen LogP contribution in [0.5, 0.6) is 0 Å². The topological polar surface area (TPSA) is 69.6 Å². The smallest absolute Gasteiger partial charge is 0.243 e. The molecule has 0 aliphatic heterocycles. The van der Waals surface area contributed by atoms with E-state index in [0.717, 1.165) is 17.7 Å². The molecule has 6 nitrogen and oxygen atoms in total. The number of likely N-dealkylation sites (N-methyl/N-ethyl adjacent to an activating group) is 1. The lowest BCUT2D eigenvalue weighted by molar-refractivity contribution is -0.127. The fourth-order valence-corrected chi connectivity index (χ4v) is 1.55. The predicted molar refractivity (Wildman–Crippen MR) is 89.8 cm³/mol. The van der Waals surface area contributed by atoms with E-state index in [1.54, 1.807) is 20.3 Å². The van der Waals surface area contributed by atoms with Gasteiger partial charge in [-0.15, -0.1) is 0 Å². The van der Waals surface area contributed by atoms with Crippen LogP contribution in [0.25, 0.3) is 0 Å². The van der Waals surface area contributed by atoms with E-state index >= 15 is 0 Å². The quantitative estimate of drug-likeness (QED) is 0.444. The van der Waals surface area contributed by atoms with Gasteiger partial charge in [-0.2, -0.15) is 0 Å². The molecule has 0 saturated carbocycles. The van der Waals surface area contributed by atoms with Crippen molar-refractivity contribution in [3.05, 3.63) is 42.2 Å². The van der Waals surface area contributed by atoms with E-state index < -0.39 is 0 Å². The van der Waals surface area contributed by atoms with Gasteiger partial charge in [0.05, 0.1) is 0 Å². The molecule has 2 N–H and O–H groups in total. The van der Waals surface area contributed by atoms with Gasteiger partial charge >= 0.3 is 0 Å². The molecule has 0 aromatic carbocycles. The first-order valence-corrected chi connectivity index (χ1v) is 7.25. The summed E-state index contributed by atoms with van der Waals surface area (Å²) in [5.74, 6) is 0.565. The number of amides is 1. The number of hydrogen-bond donors (Lipinski definition) is 2. The molecule has 0 bridgehead atoms. The molecule has 0 fully saturated rings. The van der Waals surface area contributed by atoms with E-state index in [-0.39, 0.29) is 12.5 Å². The Morgan fingerprint density at radius 2 is 2.14 bits per heavy atom. The van der Waals surface area contributed by atoms with E-state index in [4.69, 9.17) is 0 Å². The zero-order chi connectivity index (χ0) is 16.4. The Balaban J connectivity index is 2.51. The van der Waals surface area contributed by atoms with Gasteiger partial charge in [0.2, 0.25) is 5.91 Å². The summed E-state index contributed by atoms with van der Waals surface area (Å²) in [6, 6.07) is 5.84. The first-order valence-electron chi connectivity index (χ1n) is 7.25. The molecule has 0 aliphatic rings. The van der Waals surface area contributed by atoms with Gasteiger partial charge in [0.1, 0.15) is 6.54 Å². The average Bonchev–Trinajstić information content (AvgIpc) is 2.49. The van der Waals surface area contributed by atoms with Gasteiger partial charge in [-0.05, 0) is 19.1 Å². The summed E-state index contributed by atoms with van der Waals surface area (Å²) >= 11 is 0. The Hall–Kier alpha value is -2.37. The molecule has 0 aliphatic carbocycles. The number of carbonyl (C=O) groups is 1. The Kier molecular flexibility index (Phi) is 7.67. The third kappa shape index (κ3) is 7.42. The van der Waals surface area contributed by atoms with Crippen molar-refractivity contribution in [3.63, 3.8) is 0 Å². The van der Waals surface area contributed by atoms with E-state index in [1.807, 2.05) is 25.1 Å². The largest absolute Gasteiger partial charge is 0.356 e. The lowest BCUT2D eigenvalue weighted by atomic mass is 10.3. The zero-order valence-corrected chi connectivity index (χ0v) is 13.6. The first-order chi connectivity index (χ1) is 10.5. The molecule has 0 saturated heterocycles. The van der Waals surface area contributed by atoms with Crippen molar-refractivity contribution in [1.82, 2.24) is 20.5 Å². The number of rotatable bonds is 7. The Bertz CT molecular complexity index is 511. The predicted octanol–water partition coefficient (Wildman–Crippen LogP) is 0.824. The van der Waals surface area contributed by atoms with Crippen LogP contribution < -0.4 is 10.6 Å². The molecule has 0 atom stereocenters. The summed E-state index contributed by atoms with van der Waals surface area (Å²) in [5, 5.41) is 6.35. The molecule has 1 aromatic heterocycles. The number of nitrogens with one attached hydrogen (secondary N) is 2. The minimum atomic E-state index is -0.0406. The van der Waals surface area contributed by atoms with Crippen molar-refractivity contribution in [2.24, 2.45) is 4.99 Å². The summed E-state index contributed by atoms with van der Waals surface area (Å²) in [7, 11) is 3.43. The second kappa shape index (κ2) is 9.55. The molecule has 1 aromatic rings. The fraction of sp³-hybridized carbons (Fsp3) is 0.438. The highest BCUT2D eigenvalue weighted by molar-refractivity contribution is 5.84. The van der Waals surface area contributed by atoms with Crippen molar-refractivity contribution in [2.75, 3.05) is 33.7 Å². The number of aliphatic imine (C=N–C) groups is 1. The van der Waals surface area contributed by atoms with Crippen LogP contribution in [-0.2, 0) is 11.2 Å². The maximum atomic E-state index is 11.6. The molecular formula is C16H25N5O. The van der Waals surface area contributed by atoms with E-state index in [2.05, 4.69) is 27.2 Å². The van der Waals surface area contributed by atoms with Gasteiger partial charge in [0.15, 0.2) is 5.96 Å². The Morgan fingerprint density at radius 1 is 1.36 bits per heavy atom. The molecule has 120 valence electrons. The molecule has 0 radical (unpaired) electrons. The highest BCUT2D eigenvalue weighted by Crippen LogP contribution is 1.93. The number of carbonyl (C=O) groups excluding carboxylic acids is 1. The Labute approximate surface area is 132 Å². The first kappa shape index (κ1) is 17.7. The standard InChI is InChI=1S/C16H25N5O/c1-13(2)11-19-16(20-12-15(22)21(3)4)18-10-8-14-7-5-6-9-17-14/h5-7,9H,1,8,10-12H2,2-4H3,(H2,18,19,20). The minimum absolute atomic E-state index is 0.0406. The fourth-order valence-electron chi connectivity index (χ4n) is 1.55. The van der Waals surface area contributed by atoms with Gasteiger partial charge in [-0.1, -0.05) is 18.2 Å². The third-order valence-corrected chi connectivity index (χ3v) is 2.83. The van der Waals surface area contributed by atoms with Gasteiger partial charge in [0.25, 0.3) is 0 Å². The molecule has 6 heteroatoms. The number of hydrogen-bond acceptors (Lipinski definition) is 3.